The monoisotopic (exact) mass is 330 g/mol. The molecule has 128 valence electrons. The number of para-hydroxylation sites is 1. The largest absolute Gasteiger partial charge is 0.466 e. The van der Waals surface area contributed by atoms with Crippen LogP contribution in [0.15, 0.2) is 24.3 Å². The first-order valence-corrected chi connectivity index (χ1v) is 8.47. The van der Waals surface area contributed by atoms with Crippen LogP contribution in [-0.4, -0.2) is 48.9 Å². The van der Waals surface area contributed by atoms with Crippen LogP contribution in [0.1, 0.15) is 25.3 Å². The summed E-state index contributed by atoms with van der Waals surface area (Å²) in [6, 6.07) is 7.64. The third-order valence-electron chi connectivity index (χ3n) is 4.64. The molecule has 2 aliphatic heterocycles. The van der Waals surface area contributed by atoms with E-state index in [9.17, 15) is 14.4 Å². The SMILES string of the molecule is CCOC(=O)C1CCCN(C(=O)C(=O)N2CCc3ccccc32)C1. The molecule has 1 atom stereocenters. The Morgan fingerprint density at radius 1 is 1.17 bits per heavy atom. The highest BCUT2D eigenvalue weighted by Gasteiger charge is 2.35. The van der Waals surface area contributed by atoms with Crippen molar-refractivity contribution < 1.29 is 19.1 Å². The van der Waals surface area contributed by atoms with Gasteiger partial charge in [-0.15, -0.1) is 0 Å². The number of amides is 2. The van der Waals surface area contributed by atoms with E-state index >= 15 is 0 Å². The molecule has 2 heterocycles. The number of rotatable bonds is 2. The van der Waals surface area contributed by atoms with E-state index in [1.165, 1.54) is 4.90 Å². The molecule has 0 aromatic heterocycles. The van der Waals surface area contributed by atoms with Gasteiger partial charge in [-0.05, 0) is 37.8 Å². The second kappa shape index (κ2) is 7.03. The van der Waals surface area contributed by atoms with Crippen LogP contribution in [-0.2, 0) is 25.5 Å². The highest BCUT2D eigenvalue weighted by molar-refractivity contribution is 6.40. The normalized spacial score (nSPS) is 19.8. The van der Waals surface area contributed by atoms with Gasteiger partial charge in [-0.25, -0.2) is 0 Å². The molecule has 2 aliphatic rings. The second-order valence-electron chi connectivity index (χ2n) is 6.18. The molecule has 0 radical (unpaired) electrons. The lowest BCUT2D eigenvalue weighted by molar-refractivity contribution is -0.153. The molecule has 0 bridgehead atoms. The minimum Gasteiger partial charge on any atom is -0.466 e. The molecular formula is C18H22N2O4. The van der Waals surface area contributed by atoms with Crippen molar-refractivity contribution in [2.45, 2.75) is 26.2 Å². The molecule has 1 saturated heterocycles. The lowest BCUT2D eigenvalue weighted by Crippen LogP contribution is -2.49. The molecule has 0 N–H and O–H groups in total. The number of likely N-dealkylation sites (tertiary alicyclic amines) is 1. The molecular weight excluding hydrogens is 308 g/mol. The molecule has 1 fully saturated rings. The Morgan fingerprint density at radius 3 is 2.75 bits per heavy atom. The van der Waals surface area contributed by atoms with E-state index in [4.69, 9.17) is 4.74 Å². The molecule has 1 unspecified atom stereocenters. The van der Waals surface area contributed by atoms with Crippen molar-refractivity contribution >= 4 is 23.5 Å². The Balaban J connectivity index is 1.68. The molecule has 2 amide bonds. The number of anilines is 1. The Kier molecular flexibility index (Phi) is 4.83. The lowest BCUT2D eigenvalue weighted by atomic mass is 9.98. The van der Waals surface area contributed by atoms with E-state index < -0.39 is 11.8 Å². The maximum Gasteiger partial charge on any atom is 0.316 e. The van der Waals surface area contributed by atoms with Crippen LogP contribution in [0.4, 0.5) is 5.69 Å². The predicted octanol–water partition coefficient (Wildman–Crippen LogP) is 1.38. The number of carbonyl (C=O) groups is 3. The van der Waals surface area contributed by atoms with Gasteiger partial charge >= 0.3 is 17.8 Å². The summed E-state index contributed by atoms with van der Waals surface area (Å²) in [5.41, 5.74) is 1.90. The Morgan fingerprint density at radius 2 is 1.96 bits per heavy atom. The Hall–Kier alpha value is -2.37. The zero-order chi connectivity index (χ0) is 17.1. The Bertz CT molecular complexity index is 658. The number of hydrogen-bond acceptors (Lipinski definition) is 4. The van der Waals surface area contributed by atoms with E-state index in [1.54, 1.807) is 11.8 Å². The minimum atomic E-state index is -0.527. The fraction of sp³-hybridized carbons (Fsp3) is 0.500. The molecule has 1 aromatic rings. The van der Waals surface area contributed by atoms with E-state index in [1.807, 2.05) is 24.3 Å². The van der Waals surface area contributed by atoms with Crippen LogP contribution in [0.25, 0.3) is 0 Å². The van der Waals surface area contributed by atoms with Crippen molar-refractivity contribution in [3.8, 4) is 0 Å². The zero-order valence-corrected chi connectivity index (χ0v) is 13.9. The standard InChI is InChI=1S/C18H22N2O4/c1-2-24-18(23)14-7-5-10-19(12-14)16(21)17(22)20-11-9-13-6-3-4-8-15(13)20/h3-4,6,8,14H,2,5,7,9-12H2,1H3. The highest BCUT2D eigenvalue weighted by Crippen LogP contribution is 2.28. The van der Waals surface area contributed by atoms with Crippen LogP contribution in [0, 0.1) is 5.92 Å². The van der Waals surface area contributed by atoms with Crippen LogP contribution in [0.3, 0.4) is 0 Å². The quantitative estimate of drug-likeness (QED) is 0.607. The number of piperidine rings is 1. The first kappa shape index (κ1) is 16.5. The van der Waals surface area contributed by atoms with Crippen LogP contribution >= 0.6 is 0 Å². The van der Waals surface area contributed by atoms with Gasteiger partial charge < -0.3 is 14.5 Å². The maximum absolute atomic E-state index is 12.6. The van der Waals surface area contributed by atoms with Gasteiger partial charge in [0, 0.05) is 25.3 Å². The first-order valence-electron chi connectivity index (χ1n) is 8.47. The predicted molar refractivity (Wildman–Crippen MR) is 88.4 cm³/mol. The van der Waals surface area contributed by atoms with Gasteiger partial charge in [-0.2, -0.15) is 0 Å². The number of ether oxygens (including phenoxy) is 1. The summed E-state index contributed by atoms with van der Waals surface area (Å²) in [7, 11) is 0. The molecule has 3 rings (SSSR count). The van der Waals surface area contributed by atoms with E-state index in [-0.39, 0.29) is 18.4 Å². The van der Waals surface area contributed by atoms with Crippen LogP contribution in [0.5, 0.6) is 0 Å². The highest BCUT2D eigenvalue weighted by atomic mass is 16.5. The van der Waals surface area contributed by atoms with E-state index in [0.29, 0.717) is 32.5 Å². The summed E-state index contributed by atoms with van der Waals surface area (Å²) < 4.78 is 5.04. The number of benzene rings is 1. The van der Waals surface area contributed by atoms with Gasteiger partial charge in [0.2, 0.25) is 0 Å². The minimum absolute atomic E-state index is 0.263. The van der Waals surface area contributed by atoms with Crippen molar-refractivity contribution in [2.75, 3.05) is 31.1 Å². The lowest BCUT2D eigenvalue weighted by Gasteiger charge is -2.32. The summed E-state index contributed by atoms with van der Waals surface area (Å²) in [4.78, 5) is 40.2. The summed E-state index contributed by atoms with van der Waals surface area (Å²) in [5.74, 6) is -1.65. The van der Waals surface area contributed by atoms with E-state index in [0.717, 1.165) is 17.7 Å². The van der Waals surface area contributed by atoms with Gasteiger partial charge in [0.1, 0.15) is 0 Å². The molecule has 6 heteroatoms. The van der Waals surface area contributed by atoms with Crippen molar-refractivity contribution in [2.24, 2.45) is 5.92 Å². The molecule has 0 saturated carbocycles. The maximum atomic E-state index is 12.6. The first-order chi connectivity index (χ1) is 11.6. The van der Waals surface area contributed by atoms with Gasteiger partial charge in [0.05, 0.1) is 12.5 Å². The fourth-order valence-corrected chi connectivity index (χ4v) is 3.41. The van der Waals surface area contributed by atoms with Crippen molar-refractivity contribution in [3.63, 3.8) is 0 Å². The summed E-state index contributed by atoms with van der Waals surface area (Å²) >= 11 is 0. The topological polar surface area (TPSA) is 66.9 Å². The number of esters is 1. The third-order valence-corrected chi connectivity index (χ3v) is 4.64. The molecule has 0 aliphatic carbocycles. The molecule has 1 aromatic carbocycles. The fourth-order valence-electron chi connectivity index (χ4n) is 3.41. The van der Waals surface area contributed by atoms with Gasteiger partial charge in [0.15, 0.2) is 0 Å². The molecule has 0 spiro atoms. The zero-order valence-electron chi connectivity index (χ0n) is 13.9. The average Bonchev–Trinajstić information content (AvgIpc) is 3.05. The van der Waals surface area contributed by atoms with Crippen molar-refractivity contribution in [1.82, 2.24) is 4.90 Å². The van der Waals surface area contributed by atoms with Crippen LogP contribution in [0.2, 0.25) is 0 Å². The molecule has 24 heavy (non-hydrogen) atoms. The molecule has 6 nitrogen and oxygen atoms in total. The summed E-state index contributed by atoms with van der Waals surface area (Å²) in [6.45, 7) is 3.39. The van der Waals surface area contributed by atoms with Crippen molar-refractivity contribution in [3.05, 3.63) is 29.8 Å². The summed E-state index contributed by atoms with van der Waals surface area (Å²) in [6.07, 6.45) is 2.17. The number of carbonyl (C=O) groups excluding carboxylic acids is 3. The number of hydrogen-bond donors (Lipinski definition) is 0. The Labute approximate surface area is 141 Å². The van der Waals surface area contributed by atoms with Crippen molar-refractivity contribution in [1.29, 1.82) is 0 Å². The third kappa shape index (κ3) is 3.13. The number of nitrogens with zero attached hydrogens (tertiary/aromatic N) is 2. The smallest absolute Gasteiger partial charge is 0.316 e. The number of fused-ring (bicyclic) bond motifs is 1. The van der Waals surface area contributed by atoms with Gasteiger partial charge in [-0.1, -0.05) is 18.2 Å². The van der Waals surface area contributed by atoms with E-state index in [2.05, 4.69) is 0 Å². The van der Waals surface area contributed by atoms with Crippen LogP contribution < -0.4 is 4.90 Å². The second-order valence-corrected chi connectivity index (χ2v) is 6.18. The van der Waals surface area contributed by atoms with Gasteiger partial charge in [-0.3, -0.25) is 14.4 Å². The summed E-state index contributed by atoms with van der Waals surface area (Å²) in [5, 5.41) is 0. The average molecular weight is 330 g/mol. The van der Waals surface area contributed by atoms with Gasteiger partial charge in [0.25, 0.3) is 0 Å².